The van der Waals surface area contributed by atoms with Gasteiger partial charge in [0.15, 0.2) is 0 Å². The summed E-state index contributed by atoms with van der Waals surface area (Å²) in [5, 5.41) is 9.14. The molecule has 1 aromatic heterocycles. The van der Waals surface area contributed by atoms with E-state index in [1.165, 1.54) is 0 Å². The maximum atomic E-state index is 13.4. The van der Waals surface area contributed by atoms with Gasteiger partial charge in [0.25, 0.3) is 0 Å². The SMILES string of the molecule is COc1ccc(-c2ccccc2)cc1N1C(=O)C2CC1CN2c1cccc(C#N)n1. The van der Waals surface area contributed by atoms with Gasteiger partial charge in [-0.15, -0.1) is 0 Å². The molecule has 0 spiro atoms. The predicted octanol–water partition coefficient (Wildman–Crippen LogP) is 3.62. The number of piperazine rings is 1. The van der Waals surface area contributed by atoms with Crippen molar-refractivity contribution in [3.05, 3.63) is 72.4 Å². The second-order valence-electron chi connectivity index (χ2n) is 7.51. The lowest BCUT2D eigenvalue weighted by atomic mass is 10.0. The number of pyridine rings is 1. The minimum Gasteiger partial charge on any atom is -0.495 e. The van der Waals surface area contributed by atoms with Gasteiger partial charge in [-0.25, -0.2) is 4.98 Å². The number of aromatic nitrogens is 1. The number of hydrogen-bond donors (Lipinski definition) is 0. The molecule has 6 heteroatoms. The van der Waals surface area contributed by atoms with E-state index in [4.69, 9.17) is 10.00 Å². The molecule has 3 heterocycles. The summed E-state index contributed by atoms with van der Waals surface area (Å²) in [4.78, 5) is 21.6. The van der Waals surface area contributed by atoms with E-state index in [-0.39, 0.29) is 18.0 Å². The molecule has 6 nitrogen and oxygen atoms in total. The number of fused-ring (bicyclic) bond motifs is 2. The quantitative estimate of drug-likeness (QED) is 0.674. The van der Waals surface area contributed by atoms with Crippen LogP contribution in [0.25, 0.3) is 11.1 Å². The highest BCUT2D eigenvalue weighted by Crippen LogP contribution is 2.42. The summed E-state index contributed by atoms with van der Waals surface area (Å²) in [6, 6.07) is 23.2. The van der Waals surface area contributed by atoms with Crippen molar-refractivity contribution in [2.75, 3.05) is 23.5 Å². The van der Waals surface area contributed by atoms with Gasteiger partial charge < -0.3 is 14.5 Å². The molecule has 0 aliphatic carbocycles. The van der Waals surface area contributed by atoms with Crippen molar-refractivity contribution in [2.24, 2.45) is 0 Å². The van der Waals surface area contributed by atoms with Crippen molar-refractivity contribution < 1.29 is 9.53 Å². The molecule has 2 bridgehead atoms. The first-order valence-corrected chi connectivity index (χ1v) is 9.90. The zero-order valence-corrected chi connectivity index (χ0v) is 16.5. The first kappa shape index (κ1) is 18.2. The third-order valence-corrected chi connectivity index (χ3v) is 5.86. The summed E-state index contributed by atoms with van der Waals surface area (Å²) in [7, 11) is 1.63. The number of nitriles is 1. The molecular formula is C24H20N4O2. The standard InChI is InChI=1S/C24H20N4O2/c1-30-22-11-10-17(16-6-3-2-4-7-16)12-20(22)28-19-13-21(24(28)29)27(15-19)23-9-5-8-18(14-25)26-23/h2-12,19,21H,13,15H2,1H3. The van der Waals surface area contributed by atoms with Crippen LogP contribution in [0.3, 0.4) is 0 Å². The van der Waals surface area contributed by atoms with Crippen LogP contribution in [0.5, 0.6) is 5.75 Å². The first-order chi connectivity index (χ1) is 14.7. The summed E-state index contributed by atoms with van der Waals surface area (Å²) in [5.74, 6) is 1.41. The predicted molar refractivity (Wildman–Crippen MR) is 114 cm³/mol. The number of carbonyl (C=O) groups excluding carboxylic acids is 1. The van der Waals surface area contributed by atoms with E-state index >= 15 is 0 Å². The van der Waals surface area contributed by atoms with E-state index in [1.807, 2.05) is 58.3 Å². The molecule has 2 aromatic carbocycles. The number of amides is 1. The number of methoxy groups -OCH3 is 1. The van der Waals surface area contributed by atoms with Crippen LogP contribution in [0.15, 0.2) is 66.7 Å². The highest BCUT2D eigenvalue weighted by molar-refractivity contribution is 6.05. The number of anilines is 2. The van der Waals surface area contributed by atoms with Crippen molar-refractivity contribution in [1.82, 2.24) is 4.98 Å². The average Bonchev–Trinajstić information content (AvgIpc) is 3.37. The number of nitrogens with zero attached hydrogens (tertiary/aromatic N) is 4. The fraction of sp³-hybridized carbons (Fsp3) is 0.208. The van der Waals surface area contributed by atoms with Gasteiger partial charge in [-0.1, -0.05) is 42.5 Å². The maximum absolute atomic E-state index is 13.4. The van der Waals surface area contributed by atoms with Crippen LogP contribution in [-0.4, -0.2) is 36.6 Å². The molecule has 0 N–H and O–H groups in total. The van der Waals surface area contributed by atoms with Crippen LogP contribution in [0.4, 0.5) is 11.5 Å². The van der Waals surface area contributed by atoms with E-state index in [1.54, 1.807) is 13.2 Å². The van der Waals surface area contributed by atoms with E-state index in [9.17, 15) is 4.79 Å². The molecule has 2 unspecified atom stereocenters. The molecule has 2 saturated heterocycles. The molecular weight excluding hydrogens is 376 g/mol. The van der Waals surface area contributed by atoms with Crippen LogP contribution in [0, 0.1) is 11.3 Å². The smallest absolute Gasteiger partial charge is 0.250 e. The average molecular weight is 396 g/mol. The molecule has 3 aromatic rings. The highest BCUT2D eigenvalue weighted by Gasteiger charge is 2.51. The third-order valence-electron chi connectivity index (χ3n) is 5.86. The Bertz CT molecular complexity index is 1160. The monoisotopic (exact) mass is 396 g/mol. The van der Waals surface area contributed by atoms with Crippen molar-refractivity contribution in [1.29, 1.82) is 5.26 Å². The number of rotatable bonds is 4. The third kappa shape index (κ3) is 2.87. The van der Waals surface area contributed by atoms with Gasteiger partial charge >= 0.3 is 0 Å². The Balaban J connectivity index is 1.48. The lowest BCUT2D eigenvalue weighted by Crippen LogP contribution is -2.51. The highest BCUT2D eigenvalue weighted by atomic mass is 16.5. The van der Waals surface area contributed by atoms with Crippen LogP contribution >= 0.6 is 0 Å². The van der Waals surface area contributed by atoms with E-state index in [0.717, 1.165) is 23.2 Å². The molecule has 1 amide bonds. The number of benzene rings is 2. The lowest BCUT2D eigenvalue weighted by molar-refractivity contribution is -0.118. The molecule has 5 rings (SSSR count). The fourth-order valence-electron chi connectivity index (χ4n) is 4.48. The summed E-state index contributed by atoms with van der Waals surface area (Å²) in [5.41, 5.74) is 3.30. The molecule has 0 saturated carbocycles. The van der Waals surface area contributed by atoms with E-state index in [2.05, 4.69) is 23.2 Å². The van der Waals surface area contributed by atoms with Crippen molar-refractivity contribution >= 4 is 17.4 Å². The molecule has 2 aliphatic heterocycles. The Morgan fingerprint density at radius 3 is 2.63 bits per heavy atom. The largest absolute Gasteiger partial charge is 0.495 e. The van der Waals surface area contributed by atoms with Crippen molar-refractivity contribution in [3.63, 3.8) is 0 Å². The van der Waals surface area contributed by atoms with Crippen LogP contribution in [0.1, 0.15) is 12.1 Å². The maximum Gasteiger partial charge on any atom is 0.250 e. The Labute approximate surface area is 174 Å². The zero-order valence-electron chi connectivity index (χ0n) is 16.5. The number of ether oxygens (including phenoxy) is 1. The minimum absolute atomic E-state index is 0.0370. The Morgan fingerprint density at radius 2 is 1.90 bits per heavy atom. The topological polar surface area (TPSA) is 69.5 Å². The van der Waals surface area contributed by atoms with Gasteiger partial charge in [-0.05, 0) is 41.8 Å². The van der Waals surface area contributed by atoms with E-state index < -0.39 is 0 Å². The van der Waals surface area contributed by atoms with Gasteiger partial charge in [0, 0.05) is 6.54 Å². The first-order valence-electron chi connectivity index (χ1n) is 9.90. The van der Waals surface area contributed by atoms with Crippen LogP contribution in [-0.2, 0) is 4.79 Å². The van der Waals surface area contributed by atoms with Crippen molar-refractivity contribution in [2.45, 2.75) is 18.5 Å². The normalized spacial score (nSPS) is 19.8. The Kier molecular flexibility index (Phi) is 4.36. The second-order valence-corrected chi connectivity index (χ2v) is 7.51. The molecule has 2 atom stereocenters. The van der Waals surface area contributed by atoms with Crippen LogP contribution in [0.2, 0.25) is 0 Å². The van der Waals surface area contributed by atoms with E-state index in [0.29, 0.717) is 23.8 Å². The van der Waals surface area contributed by atoms with Crippen molar-refractivity contribution in [3.8, 4) is 22.9 Å². The molecule has 148 valence electrons. The minimum atomic E-state index is -0.276. The fourth-order valence-corrected chi connectivity index (χ4v) is 4.48. The molecule has 2 aliphatic rings. The second kappa shape index (κ2) is 7.20. The summed E-state index contributed by atoms with van der Waals surface area (Å²) < 4.78 is 5.59. The van der Waals surface area contributed by atoms with Crippen LogP contribution < -0.4 is 14.5 Å². The van der Waals surface area contributed by atoms with Gasteiger partial charge in [0.05, 0.1) is 18.8 Å². The lowest BCUT2D eigenvalue weighted by Gasteiger charge is -2.35. The van der Waals surface area contributed by atoms with Gasteiger partial charge in [-0.2, -0.15) is 5.26 Å². The Hall–Kier alpha value is -3.85. The van der Waals surface area contributed by atoms with Gasteiger partial charge in [0.2, 0.25) is 5.91 Å². The molecule has 2 fully saturated rings. The molecule has 30 heavy (non-hydrogen) atoms. The number of hydrogen-bond acceptors (Lipinski definition) is 5. The molecule has 0 radical (unpaired) electrons. The zero-order chi connectivity index (χ0) is 20.7. The summed E-state index contributed by atoms with van der Waals surface area (Å²) >= 11 is 0. The van der Waals surface area contributed by atoms with Gasteiger partial charge in [0.1, 0.15) is 29.4 Å². The van der Waals surface area contributed by atoms with Gasteiger partial charge in [-0.3, -0.25) is 4.79 Å². The Morgan fingerprint density at radius 1 is 1.07 bits per heavy atom. The number of carbonyl (C=O) groups is 1. The summed E-state index contributed by atoms with van der Waals surface area (Å²) in [6.07, 6.45) is 0.732. The summed E-state index contributed by atoms with van der Waals surface area (Å²) in [6.45, 7) is 0.678.